The fourth-order valence-electron chi connectivity index (χ4n) is 4.10. The van der Waals surface area contributed by atoms with Crippen molar-refractivity contribution in [3.05, 3.63) is 70.8 Å². The van der Waals surface area contributed by atoms with Crippen LogP contribution in [-0.2, 0) is 22.6 Å². The second kappa shape index (κ2) is 9.79. The van der Waals surface area contributed by atoms with Crippen molar-refractivity contribution in [2.24, 2.45) is 5.16 Å². The van der Waals surface area contributed by atoms with Gasteiger partial charge in [0.2, 0.25) is 0 Å². The fourth-order valence-corrected chi connectivity index (χ4v) is 4.10. The molecule has 3 N–H and O–H groups in total. The molecule has 0 aromatic heterocycles. The SMILES string of the molecule is C/C(=N\O)C1(O)CCC(COC(C)c2cc(C(F)(F)F)cc(C(F)(F)F)c2)(c2ccccc2)NC1. The number of alkyl halides is 6. The number of piperidine rings is 1. The largest absolute Gasteiger partial charge is 0.416 e. The molecule has 5 nitrogen and oxygen atoms in total. The van der Waals surface area contributed by atoms with E-state index in [0.717, 1.165) is 5.56 Å². The Morgan fingerprint density at radius 1 is 1.03 bits per heavy atom. The molecule has 192 valence electrons. The average molecular weight is 504 g/mol. The van der Waals surface area contributed by atoms with E-state index in [1.165, 1.54) is 13.8 Å². The summed E-state index contributed by atoms with van der Waals surface area (Å²) < 4.78 is 85.4. The molecule has 11 heteroatoms. The van der Waals surface area contributed by atoms with Gasteiger partial charge in [0, 0.05) is 6.54 Å². The fraction of sp³-hybridized carbons (Fsp3) is 0.458. The quantitative estimate of drug-likeness (QED) is 0.205. The predicted octanol–water partition coefficient (Wildman–Crippen LogP) is 5.66. The molecule has 3 atom stereocenters. The maximum Gasteiger partial charge on any atom is 0.416 e. The molecule has 0 amide bonds. The Bertz CT molecular complexity index is 1010. The van der Waals surface area contributed by atoms with Gasteiger partial charge >= 0.3 is 12.4 Å². The Kier molecular flexibility index (Phi) is 7.54. The van der Waals surface area contributed by atoms with E-state index in [4.69, 9.17) is 9.94 Å². The summed E-state index contributed by atoms with van der Waals surface area (Å²) in [6.07, 6.45) is -10.5. The number of rotatable bonds is 6. The molecule has 1 fully saturated rings. The van der Waals surface area contributed by atoms with Crippen molar-refractivity contribution in [3.8, 4) is 0 Å². The molecule has 0 spiro atoms. The average Bonchev–Trinajstić information content (AvgIpc) is 2.82. The molecule has 1 aliphatic rings. The highest BCUT2D eigenvalue weighted by atomic mass is 19.4. The van der Waals surface area contributed by atoms with Gasteiger partial charge < -0.3 is 20.4 Å². The van der Waals surface area contributed by atoms with Gasteiger partial charge in [0.1, 0.15) is 5.60 Å². The third-order valence-electron chi connectivity index (χ3n) is 6.49. The van der Waals surface area contributed by atoms with Crippen LogP contribution < -0.4 is 5.32 Å². The van der Waals surface area contributed by atoms with Crippen molar-refractivity contribution < 1.29 is 41.4 Å². The minimum atomic E-state index is -4.96. The lowest BCUT2D eigenvalue weighted by molar-refractivity contribution is -0.143. The third-order valence-corrected chi connectivity index (χ3v) is 6.49. The Labute approximate surface area is 198 Å². The van der Waals surface area contributed by atoms with Crippen LogP contribution in [0.15, 0.2) is 53.7 Å². The summed E-state index contributed by atoms with van der Waals surface area (Å²) in [5.41, 5.74) is -4.48. The van der Waals surface area contributed by atoms with E-state index in [-0.39, 0.29) is 36.9 Å². The first-order valence-electron chi connectivity index (χ1n) is 10.8. The van der Waals surface area contributed by atoms with E-state index in [1.54, 1.807) is 18.2 Å². The Morgan fingerprint density at radius 3 is 2.06 bits per heavy atom. The first-order chi connectivity index (χ1) is 16.2. The first-order valence-corrected chi connectivity index (χ1v) is 10.8. The molecule has 2 aromatic rings. The highest BCUT2D eigenvalue weighted by Crippen LogP contribution is 2.39. The number of nitrogens with one attached hydrogen (secondary N) is 1. The number of oxime groups is 1. The molecule has 1 saturated heterocycles. The van der Waals surface area contributed by atoms with E-state index in [2.05, 4.69) is 10.5 Å². The number of ether oxygens (including phenoxy) is 1. The first kappa shape index (κ1) is 27.0. The van der Waals surface area contributed by atoms with Crippen LogP contribution in [0.4, 0.5) is 26.3 Å². The summed E-state index contributed by atoms with van der Waals surface area (Å²) in [5.74, 6) is 0. The lowest BCUT2D eigenvalue weighted by Crippen LogP contribution is -2.60. The van der Waals surface area contributed by atoms with Crippen LogP contribution in [-0.4, -0.2) is 34.8 Å². The minimum Gasteiger partial charge on any atom is -0.411 e. The molecule has 0 aliphatic carbocycles. The summed E-state index contributed by atoms with van der Waals surface area (Å²) >= 11 is 0. The molecule has 35 heavy (non-hydrogen) atoms. The van der Waals surface area contributed by atoms with Crippen LogP contribution in [0.5, 0.6) is 0 Å². The van der Waals surface area contributed by atoms with Gasteiger partial charge in [0.05, 0.1) is 35.1 Å². The molecule has 1 heterocycles. The molecule has 2 aromatic carbocycles. The van der Waals surface area contributed by atoms with E-state index in [9.17, 15) is 31.4 Å². The predicted molar refractivity (Wildman–Crippen MR) is 116 cm³/mol. The van der Waals surface area contributed by atoms with Crippen LogP contribution >= 0.6 is 0 Å². The highest BCUT2D eigenvalue weighted by molar-refractivity contribution is 5.90. The Hall–Kier alpha value is -2.63. The number of benzene rings is 2. The minimum absolute atomic E-state index is 0.00267. The van der Waals surface area contributed by atoms with E-state index < -0.39 is 40.7 Å². The molecule has 0 bridgehead atoms. The van der Waals surface area contributed by atoms with Gasteiger partial charge in [-0.05, 0) is 56.0 Å². The topological polar surface area (TPSA) is 74.1 Å². The standard InChI is InChI=1S/C24H26F6N2O3/c1-15(17-10-19(23(25,26)27)12-20(11-17)24(28,29)30)35-14-21(18-6-4-3-5-7-18)8-9-22(33,13-31-21)16(2)32-34/h3-7,10-12,15,31,33-34H,8-9,13-14H2,1-2H3/b32-16+. The Balaban J connectivity index is 1.89. The van der Waals surface area contributed by atoms with Crippen LogP contribution in [0.2, 0.25) is 0 Å². The smallest absolute Gasteiger partial charge is 0.411 e. The molecule has 1 aliphatic heterocycles. The second-order valence-electron chi connectivity index (χ2n) is 8.81. The van der Waals surface area contributed by atoms with Crippen molar-refractivity contribution in [1.29, 1.82) is 0 Å². The monoisotopic (exact) mass is 504 g/mol. The van der Waals surface area contributed by atoms with Gasteiger partial charge in [-0.25, -0.2) is 0 Å². The molecule has 0 saturated carbocycles. The van der Waals surface area contributed by atoms with Gasteiger partial charge in [-0.3, -0.25) is 0 Å². The molecule has 3 rings (SSSR count). The molecular weight excluding hydrogens is 478 g/mol. The third kappa shape index (κ3) is 5.96. The lowest BCUT2D eigenvalue weighted by Gasteiger charge is -2.45. The van der Waals surface area contributed by atoms with Crippen LogP contribution in [0.1, 0.15) is 55.0 Å². The van der Waals surface area contributed by atoms with Crippen LogP contribution in [0, 0.1) is 0 Å². The van der Waals surface area contributed by atoms with Crippen molar-refractivity contribution in [3.63, 3.8) is 0 Å². The van der Waals surface area contributed by atoms with Gasteiger partial charge in [-0.1, -0.05) is 35.5 Å². The number of aliphatic hydroxyl groups is 1. The zero-order chi connectivity index (χ0) is 26.1. The summed E-state index contributed by atoms with van der Waals surface area (Å²) in [7, 11) is 0. The summed E-state index contributed by atoms with van der Waals surface area (Å²) in [6, 6.07) is 10.4. The maximum atomic E-state index is 13.3. The summed E-state index contributed by atoms with van der Waals surface area (Å²) in [5, 5.41) is 26.1. The number of nitrogens with zero attached hydrogens (tertiary/aromatic N) is 1. The van der Waals surface area contributed by atoms with Gasteiger partial charge in [-0.2, -0.15) is 26.3 Å². The second-order valence-corrected chi connectivity index (χ2v) is 8.81. The van der Waals surface area contributed by atoms with Crippen molar-refractivity contribution >= 4 is 5.71 Å². The number of hydrogen-bond acceptors (Lipinski definition) is 5. The number of halogens is 6. The molecular formula is C24H26F6N2O3. The van der Waals surface area contributed by atoms with E-state index >= 15 is 0 Å². The van der Waals surface area contributed by atoms with E-state index in [1.807, 2.05) is 12.1 Å². The number of β-amino-alcohol motifs (C(OH)–C–C–N with tert-alkyl or cyclic N) is 1. The Morgan fingerprint density at radius 2 is 1.60 bits per heavy atom. The van der Waals surface area contributed by atoms with Gasteiger partial charge in [0.15, 0.2) is 0 Å². The summed E-state index contributed by atoms with van der Waals surface area (Å²) in [6.45, 7) is 2.76. The molecule has 3 unspecified atom stereocenters. The maximum absolute atomic E-state index is 13.3. The van der Waals surface area contributed by atoms with Gasteiger partial charge in [0.25, 0.3) is 0 Å². The summed E-state index contributed by atoms with van der Waals surface area (Å²) in [4.78, 5) is 0. The van der Waals surface area contributed by atoms with Crippen LogP contribution in [0.3, 0.4) is 0 Å². The zero-order valence-electron chi connectivity index (χ0n) is 19.0. The zero-order valence-corrected chi connectivity index (χ0v) is 19.0. The molecule has 0 radical (unpaired) electrons. The van der Waals surface area contributed by atoms with Gasteiger partial charge in [-0.15, -0.1) is 0 Å². The van der Waals surface area contributed by atoms with Crippen molar-refractivity contribution in [2.75, 3.05) is 13.2 Å². The lowest BCUT2D eigenvalue weighted by atomic mass is 9.76. The number of hydrogen-bond donors (Lipinski definition) is 3. The van der Waals surface area contributed by atoms with Crippen molar-refractivity contribution in [1.82, 2.24) is 5.32 Å². The highest BCUT2D eigenvalue weighted by Gasteiger charge is 2.45. The van der Waals surface area contributed by atoms with E-state index in [0.29, 0.717) is 18.6 Å². The van der Waals surface area contributed by atoms with Crippen molar-refractivity contribution in [2.45, 2.75) is 56.3 Å². The normalized spacial score (nSPS) is 24.9. The van der Waals surface area contributed by atoms with Crippen LogP contribution in [0.25, 0.3) is 0 Å².